The number of aromatic nitrogens is 1. The molecular weight excluding hydrogens is 310 g/mol. The van der Waals surface area contributed by atoms with Crippen LogP contribution in [0.5, 0.6) is 0 Å². The maximum absolute atomic E-state index is 12.3. The molecule has 0 aliphatic heterocycles. The van der Waals surface area contributed by atoms with Crippen LogP contribution in [0, 0.1) is 6.92 Å². The summed E-state index contributed by atoms with van der Waals surface area (Å²) in [6, 6.07) is 21.6. The van der Waals surface area contributed by atoms with Gasteiger partial charge in [0.1, 0.15) is 5.82 Å². The summed E-state index contributed by atoms with van der Waals surface area (Å²) >= 11 is 0. The van der Waals surface area contributed by atoms with E-state index in [1.54, 1.807) is 6.20 Å². The molecular formula is C21H21N3O. The molecule has 1 heterocycles. The Balaban J connectivity index is 1.53. The Labute approximate surface area is 147 Å². The molecule has 0 spiro atoms. The minimum absolute atomic E-state index is 0.121. The van der Waals surface area contributed by atoms with E-state index < -0.39 is 0 Å². The Kier molecular flexibility index (Phi) is 5.42. The molecule has 4 heteroatoms. The van der Waals surface area contributed by atoms with Crippen LogP contribution in [0.1, 0.15) is 21.5 Å². The third-order valence-electron chi connectivity index (χ3n) is 3.97. The lowest BCUT2D eigenvalue weighted by Crippen LogP contribution is -2.13. The van der Waals surface area contributed by atoms with Gasteiger partial charge in [0.25, 0.3) is 5.91 Å². The third kappa shape index (κ3) is 4.67. The van der Waals surface area contributed by atoms with E-state index in [0.717, 1.165) is 24.3 Å². The van der Waals surface area contributed by atoms with Crippen molar-refractivity contribution in [2.24, 2.45) is 0 Å². The van der Waals surface area contributed by atoms with Gasteiger partial charge in [0, 0.05) is 12.1 Å². The van der Waals surface area contributed by atoms with Gasteiger partial charge in [-0.05, 0) is 42.7 Å². The van der Waals surface area contributed by atoms with Crippen LogP contribution in [0.15, 0.2) is 72.9 Å². The fraction of sp³-hybridized carbons (Fsp3) is 0.143. The lowest BCUT2D eigenvalue weighted by Gasteiger charge is -2.09. The lowest BCUT2D eigenvalue weighted by molar-refractivity contribution is 0.102. The fourth-order valence-corrected chi connectivity index (χ4v) is 2.58. The SMILES string of the molecule is Cc1ccccc1C(=O)Nc1ccc(NCCc2ccccc2)nc1. The minimum Gasteiger partial charge on any atom is -0.370 e. The highest BCUT2D eigenvalue weighted by Gasteiger charge is 2.08. The topological polar surface area (TPSA) is 54.0 Å². The Morgan fingerprint density at radius 1 is 0.960 bits per heavy atom. The van der Waals surface area contributed by atoms with Crippen molar-refractivity contribution < 1.29 is 4.79 Å². The molecule has 0 radical (unpaired) electrons. The van der Waals surface area contributed by atoms with Crippen LogP contribution >= 0.6 is 0 Å². The van der Waals surface area contributed by atoms with Crippen LogP contribution in [-0.2, 0) is 6.42 Å². The van der Waals surface area contributed by atoms with E-state index in [9.17, 15) is 4.79 Å². The summed E-state index contributed by atoms with van der Waals surface area (Å²) in [4.78, 5) is 16.6. The highest BCUT2D eigenvalue weighted by molar-refractivity contribution is 6.05. The molecule has 25 heavy (non-hydrogen) atoms. The first kappa shape index (κ1) is 16.7. The first-order valence-electron chi connectivity index (χ1n) is 8.33. The second-order valence-corrected chi connectivity index (χ2v) is 5.86. The van der Waals surface area contributed by atoms with Gasteiger partial charge in [0.15, 0.2) is 0 Å². The number of carbonyl (C=O) groups is 1. The monoisotopic (exact) mass is 331 g/mol. The Hall–Kier alpha value is -3.14. The van der Waals surface area contributed by atoms with Crippen molar-refractivity contribution in [2.75, 3.05) is 17.2 Å². The molecule has 0 saturated carbocycles. The Bertz CT molecular complexity index is 829. The van der Waals surface area contributed by atoms with Gasteiger partial charge in [-0.1, -0.05) is 48.5 Å². The van der Waals surface area contributed by atoms with E-state index in [2.05, 4.69) is 27.8 Å². The third-order valence-corrected chi connectivity index (χ3v) is 3.97. The number of benzene rings is 2. The minimum atomic E-state index is -0.121. The van der Waals surface area contributed by atoms with E-state index in [1.165, 1.54) is 5.56 Å². The van der Waals surface area contributed by atoms with Crippen molar-refractivity contribution in [3.8, 4) is 0 Å². The summed E-state index contributed by atoms with van der Waals surface area (Å²) < 4.78 is 0. The average Bonchev–Trinajstić information content (AvgIpc) is 2.64. The Morgan fingerprint density at radius 2 is 1.72 bits per heavy atom. The zero-order chi connectivity index (χ0) is 17.5. The number of hydrogen-bond donors (Lipinski definition) is 2. The lowest BCUT2D eigenvalue weighted by atomic mass is 10.1. The summed E-state index contributed by atoms with van der Waals surface area (Å²) in [5, 5.41) is 6.17. The molecule has 0 aliphatic rings. The average molecular weight is 331 g/mol. The molecule has 0 fully saturated rings. The van der Waals surface area contributed by atoms with Gasteiger partial charge in [0.05, 0.1) is 11.9 Å². The molecule has 2 aromatic carbocycles. The van der Waals surface area contributed by atoms with E-state index in [0.29, 0.717) is 11.3 Å². The normalized spacial score (nSPS) is 10.3. The van der Waals surface area contributed by atoms with Crippen molar-refractivity contribution in [1.82, 2.24) is 4.98 Å². The summed E-state index contributed by atoms with van der Waals surface area (Å²) in [6.45, 7) is 2.73. The van der Waals surface area contributed by atoms with E-state index >= 15 is 0 Å². The highest BCUT2D eigenvalue weighted by atomic mass is 16.1. The van der Waals surface area contributed by atoms with Crippen LogP contribution < -0.4 is 10.6 Å². The molecule has 2 N–H and O–H groups in total. The van der Waals surface area contributed by atoms with Gasteiger partial charge in [-0.25, -0.2) is 4.98 Å². The van der Waals surface area contributed by atoms with Crippen molar-refractivity contribution in [3.63, 3.8) is 0 Å². The zero-order valence-electron chi connectivity index (χ0n) is 14.2. The summed E-state index contributed by atoms with van der Waals surface area (Å²) in [7, 11) is 0. The van der Waals surface area contributed by atoms with Gasteiger partial charge >= 0.3 is 0 Å². The van der Waals surface area contributed by atoms with Gasteiger partial charge in [-0.3, -0.25) is 4.79 Å². The largest absolute Gasteiger partial charge is 0.370 e. The molecule has 4 nitrogen and oxygen atoms in total. The number of aryl methyl sites for hydroxylation is 1. The first-order chi connectivity index (χ1) is 12.2. The fourth-order valence-electron chi connectivity index (χ4n) is 2.58. The van der Waals surface area contributed by atoms with E-state index in [4.69, 9.17) is 0 Å². The number of amides is 1. The summed E-state index contributed by atoms with van der Waals surface area (Å²) in [5.74, 6) is 0.675. The maximum Gasteiger partial charge on any atom is 0.255 e. The number of hydrogen-bond acceptors (Lipinski definition) is 3. The molecule has 0 unspecified atom stereocenters. The van der Waals surface area contributed by atoms with Crippen LogP contribution in [-0.4, -0.2) is 17.4 Å². The maximum atomic E-state index is 12.3. The molecule has 0 saturated heterocycles. The number of rotatable bonds is 6. The first-order valence-corrected chi connectivity index (χ1v) is 8.33. The molecule has 126 valence electrons. The number of anilines is 2. The number of nitrogens with one attached hydrogen (secondary N) is 2. The van der Waals surface area contributed by atoms with Crippen LogP contribution in [0.2, 0.25) is 0 Å². The number of pyridine rings is 1. The predicted octanol–water partition coefficient (Wildman–Crippen LogP) is 4.30. The van der Waals surface area contributed by atoms with Gasteiger partial charge in [-0.2, -0.15) is 0 Å². The van der Waals surface area contributed by atoms with Crippen molar-refractivity contribution >= 4 is 17.4 Å². The molecule has 3 rings (SSSR count). The van der Waals surface area contributed by atoms with Crippen LogP contribution in [0.3, 0.4) is 0 Å². The summed E-state index contributed by atoms with van der Waals surface area (Å²) in [6.07, 6.45) is 2.61. The van der Waals surface area contributed by atoms with Gasteiger partial charge in [0.2, 0.25) is 0 Å². The van der Waals surface area contributed by atoms with Crippen molar-refractivity contribution in [2.45, 2.75) is 13.3 Å². The summed E-state index contributed by atoms with van der Waals surface area (Å²) in [5.41, 5.74) is 3.60. The quantitative estimate of drug-likeness (QED) is 0.708. The van der Waals surface area contributed by atoms with E-state index in [-0.39, 0.29) is 5.91 Å². The van der Waals surface area contributed by atoms with E-state index in [1.807, 2.05) is 61.5 Å². The molecule has 0 aliphatic carbocycles. The van der Waals surface area contributed by atoms with Gasteiger partial charge in [-0.15, -0.1) is 0 Å². The van der Waals surface area contributed by atoms with Gasteiger partial charge < -0.3 is 10.6 Å². The number of nitrogens with zero attached hydrogens (tertiary/aromatic N) is 1. The molecule has 1 amide bonds. The molecule has 3 aromatic rings. The second kappa shape index (κ2) is 8.11. The second-order valence-electron chi connectivity index (χ2n) is 5.86. The van der Waals surface area contributed by atoms with Crippen molar-refractivity contribution in [1.29, 1.82) is 0 Å². The smallest absolute Gasteiger partial charge is 0.255 e. The van der Waals surface area contributed by atoms with Crippen LogP contribution in [0.4, 0.5) is 11.5 Å². The van der Waals surface area contributed by atoms with Crippen LogP contribution in [0.25, 0.3) is 0 Å². The molecule has 1 aromatic heterocycles. The standard InChI is InChI=1S/C21H21N3O/c1-16-7-5-6-10-19(16)21(25)24-18-11-12-20(23-15-18)22-14-13-17-8-3-2-4-9-17/h2-12,15H,13-14H2,1H3,(H,22,23)(H,24,25). The molecule has 0 atom stereocenters. The predicted molar refractivity (Wildman–Crippen MR) is 102 cm³/mol. The zero-order valence-corrected chi connectivity index (χ0v) is 14.2. The molecule has 0 bridgehead atoms. The Morgan fingerprint density at radius 3 is 2.44 bits per heavy atom. The highest BCUT2D eigenvalue weighted by Crippen LogP contribution is 2.13. The number of carbonyl (C=O) groups excluding carboxylic acids is 1. The van der Waals surface area contributed by atoms with Crippen molar-refractivity contribution in [3.05, 3.63) is 89.6 Å².